The second kappa shape index (κ2) is 15.0. The lowest BCUT2D eigenvalue weighted by Crippen LogP contribution is -2.30. The fourth-order valence-corrected chi connectivity index (χ4v) is 6.71. The van der Waals surface area contributed by atoms with E-state index in [0.29, 0.717) is 23.2 Å². The van der Waals surface area contributed by atoms with Crippen LogP contribution in [0.2, 0.25) is 0 Å². The molecule has 1 atom stereocenters. The minimum absolute atomic E-state index is 0.0108. The van der Waals surface area contributed by atoms with E-state index in [2.05, 4.69) is 45.6 Å². The molecule has 1 heterocycles. The van der Waals surface area contributed by atoms with Gasteiger partial charge in [-0.15, -0.1) is 11.8 Å². The first-order valence-corrected chi connectivity index (χ1v) is 16.9. The lowest BCUT2D eigenvalue weighted by atomic mass is 10.1. The number of anilines is 2. The Morgan fingerprint density at radius 1 is 0.755 bits per heavy atom. The number of benzene rings is 5. The number of thioether (sulfide) groups is 1. The van der Waals surface area contributed by atoms with E-state index in [1.54, 1.807) is 48.5 Å². The molecule has 0 saturated heterocycles. The van der Waals surface area contributed by atoms with E-state index < -0.39 is 22.9 Å². The third-order valence-corrected chi connectivity index (χ3v) is 9.46. The van der Waals surface area contributed by atoms with Gasteiger partial charge in [-0.05, 0) is 91.7 Å². The largest absolute Gasteiger partial charge is 0.341 e. The van der Waals surface area contributed by atoms with Crippen molar-refractivity contribution in [2.45, 2.75) is 37.0 Å². The molecule has 0 aliphatic carbocycles. The summed E-state index contributed by atoms with van der Waals surface area (Å²) in [6.07, 6.45) is 2.07. The van der Waals surface area contributed by atoms with Gasteiger partial charge in [0, 0.05) is 50.2 Å². The number of para-hydroxylation sites is 1. The van der Waals surface area contributed by atoms with Crippen LogP contribution in [0, 0.1) is 5.82 Å². The van der Waals surface area contributed by atoms with Crippen molar-refractivity contribution in [1.82, 2.24) is 9.88 Å². The zero-order valence-electron chi connectivity index (χ0n) is 27.1. The normalized spacial score (nSPS) is 12.1. The molecule has 9 heteroatoms. The van der Waals surface area contributed by atoms with Gasteiger partial charge in [0.15, 0.2) is 0 Å². The van der Waals surface area contributed by atoms with E-state index in [-0.39, 0.29) is 11.6 Å². The molecule has 0 saturated carbocycles. The molecule has 6 aromatic rings. The van der Waals surface area contributed by atoms with Crippen LogP contribution in [0.4, 0.5) is 15.8 Å². The summed E-state index contributed by atoms with van der Waals surface area (Å²) >= 11 is 1.40. The highest BCUT2D eigenvalue weighted by Crippen LogP contribution is 2.32. The number of fused-ring (bicyclic) bond motifs is 3. The van der Waals surface area contributed by atoms with Crippen LogP contribution in [0.5, 0.6) is 0 Å². The van der Waals surface area contributed by atoms with Gasteiger partial charge in [-0.25, -0.2) is 4.39 Å². The van der Waals surface area contributed by atoms with Crippen LogP contribution in [0.15, 0.2) is 132 Å². The highest BCUT2D eigenvalue weighted by molar-refractivity contribution is 8.00. The number of carbonyl (C=O) groups excluding carboxylic acids is 3. The minimum Gasteiger partial charge on any atom is -0.341 e. The summed E-state index contributed by atoms with van der Waals surface area (Å²) in [6, 6.07) is 35.7. The molecular formula is C40H35FN4O3S. The summed E-state index contributed by atoms with van der Waals surface area (Å²) in [4.78, 5) is 40.8. The fourth-order valence-electron chi connectivity index (χ4n) is 5.70. The van der Waals surface area contributed by atoms with Gasteiger partial charge in [-0.3, -0.25) is 14.4 Å². The van der Waals surface area contributed by atoms with Crippen LogP contribution in [-0.4, -0.2) is 27.5 Å². The number of hydrogen-bond donors (Lipinski definition) is 3. The van der Waals surface area contributed by atoms with Gasteiger partial charge in [0.1, 0.15) is 11.5 Å². The molecule has 0 aliphatic rings. The zero-order chi connectivity index (χ0) is 34.3. The number of amides is 3. The highest BCUT2D eigenvalue weighted by atomic mass is 32.2. The van der Waals surface area contributed by atoms with Gasteiger partial charge >= 0.3 is 0 Å². The SMILES string of the molecule is CCC(Sc1cccc(NC(=O)/C(=C/c2ccc(F)cc2)NC(=O)c2ccccc2)c1)C(=O)Nc1ccc2c(c1)c1ccccc1n2CC. The Labute approximate surface area is 288 Å². The van der Waals surface area contributed by atoms with E-state index in [1.165, 1.54) is 42.1 Å². The van der Waals surface area contributed by atoms with Crippen molar-refractivity contribution in [2.24, 2.45) is 0 Å². The average Bonchev–Trinajstić information content (AvgIpc) is 3.44. The maximum Gasteiger partial charge on any atom is 0.272 e. The summed E-state index contributed by atoms with van der Waals surface area (Å²) in [6.45, 7) is 4.93. The average molecular weight is 671 g/mol. The number of hydrogen-bond acceptors (Lipinski definition) is 4. The predicted octanol–water partition coefficient (Wildman–Crippen LogP) is 8.87. The molecule has 1 unspecified atom stereocenters. The first-order valence-electron chi connectivity index (χ1n) is 16.1. The Kier molecular flexibility index (Phi) is 10.2. The van der Waals surface area contributed by atoms with Crippen LogP contribution < -0.4 is 16.0 Å². The number of aryl methyl sites for hydroxylation is 1. The Hall–Kier alpha value is -5.67. The molecule has 6 rings (SSSR count). The Morgan fingerprint density at radius 3 is 2.22 bits per heavy atom. The Balaban J connectivity index is 1.17. The van der Waals surface area contributed by atoms with Crippen molar-refractivity contribution in [1.29, 1.82) is 0 Å². The molecule has 5 aromatic carbocycles. The number of nitrogens with one attached hydrogen (secondary N) is 3. The maximum atomic E-state index is 13.5. The summed E-state index contributed by atoms with van der Waals surface area (Å²) in [5.74, 6) is -1.54. The minimum atomic E-state index is -0.555. The Morgan fingerprint density at radius 2 is 1.47 bits per heavy atom. The third-order valence-electron chi connectivity index (χ3n) is 8.10. The second-order valence-corrected chi connectivity index (χ2v) is 12.7. The predicted molar refractivity (Wildman–Crippen MR) is 197 cm³/mol. The molecule has 0 bridgehead atoms. The van der Waals surface area contributed by atoms with Crippen LogP contribution in [0.3, 0.4) is 0 Å². The van der Waals surface area contributed by atoms with Crippen molar-refractivity contribution in [2.75, 3.05) is 10.6 Å². The van der Waals surface area contributed by atoms with Crippen molar-refractivity contribution in [3.05, 3.63) is 144 Å². The highest BCUT2D eigenvalue weighted by Gasteiger charge is 2.20. The first kappa shape index (κ1) is 33.2. The van der Waals surface area contributed by atoms with Crippen LogP contribution in [0.1, 0.15) is 36.2 Å². The summed E-state index contributed by atoms with van der Waals surface area (Å²) in [5.41, 5.74) is 4.41. The lowest BCUT2D eigenvalue weighted by Gasteiger charge is -2.16. The maximum absolute atomic E-state index is 13.5. The molecule has 7 nitrogen and oxygen atoms in total. The molecular weight excluding hydrogens is 636 g/mol. The van der Waals surface area contributed by atoms with E-state index in [0.717, 1.165) is 38.9 Å². The third kappa shape index (κ3) is 7.74. The van der Waals surface area contributed by atoms with Crippen molar-refractivity contribution in [3.8, 4) is 0 Å². The molecule has 1 aromatic heterocycles. The summed E-state index contributed by atoms with van der Waals surface area (Å²) in [5, 5.41) is 10.5. The van der Waals surface area contributed by atoms with Crippen molar-refractivity contribution in [3.63, 3.8) is 0 Å². The number of rotatable bonds is 11. The molecule has 0 aliphatic heterocycles. The fraction of sp³-hybridized carbons (Fsp3) is 0.125. The Bertz CT molecular complexity index is 2180. The number of aromatic nitrogens is 1. The summed E-state index contributed by atoms with van der Waals surface area (Å²) in [7, 11) is 0. The summed E-state index contributed by atoms with van der Waals surface area (Å²) < 4.78 is 15.8. The van der Waals surface area contributed by atoms with E-state index in [4.69, 9.17) is 0 Å². The van der Waals surface area contributed by atoms with Gasteiger partial charge < -0.3 is 20.5 Å². The smallest absolute Gasteiger partial charge is 0.272 e. The number of nitrogens with zero attached hydrogens (tertiary/aromatic N) is 1. The van der Waals surface area contributed by atoms with Gasteiger partial charge in [0.05, 0.1) is 5.25 Å². The van der Waals surface area contributed by atoms with E-state index in [1.807, 2.05) is 37.3 Å². The molecule has 49 heavy (non-hydrogen) atoms. The monoisotopic (exact) mass is 670 g/mol. The topological polar surface area (TPSA) is 92.2 Å². The van der Waals surface area contributed by atoms with Gasteiger partial charge in [-0.2, -0.15) is 0 Å². The number of halogens is 1. The standard InChI is InChI=1S/C40H35FN4O3S/c1-3-37(40(48)43-30-21-22-36-33(25-30)32-15-8-9-16-35(32)45(36)4-2)49-31-14-10-13-29(24-31)42-39(47)34(23-26-17-19-28(41)20-18-26)44-38(46)27-11-6-5-7-12-27/h5-25,37H,3-4H2,1-2H3,(H,42,47)(H,43,48)(H,44,46)/b34-23-. The van der Waals surface area contributed by atoms with Crippen LogP contribution in [-0.2, 0) is 16.1 Å². The zero-order valence-corrected chi connectivity index (χ0v) is 27.9. The van der Waals surface area contributed by atoms with E-state index >= 15 is 0 Å². The van der Waals surface area contributed by atoms with Gasteiger partial charge in [-0.1, -0.05) is 61.5 Å². The first-order chi connectivity index (χ1) is 23.8. The molecule has 0 spiro atoms. The number of carbonyl (C=O) groups is 3. The quantitative estimate of drug-likeness (QED) is 0.0949. The van der Waals surface area contributed by atoms with Crippen LogP contribution >= 0.6 is 11.8 Å². The second-order valence-electron chi connectivity index (χ2n) is 11.4. The lowest BCUT2D eigenvalue weighted by molar-refractivity contribution is -0.116. The molecule has 0 fully saturated rings. The molecule has 3 amide bonds. The van der Waals surface area contributed by atoms with Gasteiger partial charge in [0.2, 0.25) is 5.91 Å². The van der Waals surface area contributed by atoms with Crippen molar-refractivity contribution >= 4 is 68.7 Å². The van der Waals surface area contributed by atoms with Crippen LogP contribution in [0.25, 0.3) is 27.9 Å². The molecule has 3 N–H and O–H groups in total. The van der Waals surface area contributed by atoms with Gasteiger partial charge in [0.25, 0.3) is 11.8 Å². The van der Waals surface area contributed by atoms with Crippen molar-refractivity contribution < 1.29 is 18.8 Å². The molecule has 0 radical (unpaired) electrons. The molecule has 246 valence electrons. The van der Waals surface area contributed by atoms with E-state index in [9.17, 15) is 18.8 Å².